The summed E-state index contributed by atoms with van der Waals surface area (Å²) in [7, 11) is 0. The lowest BCUT2D eigenvalue weighted by Crippen LogP contribution is -2.28. The lowest BCUT2D eigenvalue weighted by molar-refractivity contribution is -0.385. The van der Waals surface area contributed by atoms with E-state index in [0.717, 1.165) is 0 Å². The third kappa shape index (κ3) is 4.39. The summed E-state index contributed by atoms with van der Waals surface area (Å²) < 4.78 is 5.34. The van der Waals surface area contributed by atoms with Gasteiger partial charge >= 0.3 is 5.69 Å². The molecular formula is C12H14ClN3O3. The molecule has 0 aromatic heterocycles. The Balaban J connectivity index is 2.68. The normalized spacial score (nSPS) is 11.6. The zero-order valence-electron chi connectivity index (χ0n) is 10.4. The molecule has 0 saturated heterocycles. The fourth-order valence-electron chi connectivity index (χ4n) is 1.52. The molecule has 0 heterocycles. The summed E-state index contributed by atoms with van der Waals surface area (Å²) in [6, 6.07) is 6.08. The van der Waals surface area contributed by atoms with Gasteiger partial charge in [0.25, 0.3) is 0 Å². The summed E-state index contributed by atoms with van der Waals surface area (Å²) >= 11 is 5.87. The van der Waals surface area contributed by atoms with Crippen LogP contribution in [0.1, 0.15) is 13.3 Å². The molecule has 6 nitrogen and oxygen atoms in total. The first-order valence-electron chi connectivity index (χ1n) is 5.78. The average Bonchev–Trinajstić information content (AvgIpc) is 2.39. The van der Waals surface area contributed by atoms with Gasteiger partial charge < -0.3 is 10.1 Å². The second-order valence-corrected chi connectivity index (χ2v) is 4.13. The van der Waals surface area contributed by atoms with E-state index in [1.54, 1.807) is 0 Å². The van der Waals surface area contributed by atoms with E-state index in [0.29, 0.717) is 13.0 Å². The highest BCUT2D eigenvalue weighted by Crippen LogP contribution is 2.34. The maximum Gasteiger partial charge on any atom is 0.312 e. The number of nitro benzene ring substituents is 1. The van der Waals surface area contributed by atoms with Gasteiger partial charge in [-0.25, -0.2) is 0 Å². The molecule has 1 N–H and O–H groups in total. The van der Waals surface area contributed by atoms with E-state index in [-0.39, 0.29) is 29.1 Å². The number of nitriles is 1. The van der Waals surface area contributed by atoms with Gasteiger partial charge in [-0.05, 0) is 12.6 Å². The van der Waals surface area contributed by atoms with Crippen LogP contribution in [-0.2, 0) is 0 Å². The second kappa shape index (κ2) is 7.56. The van der Waals surface area contributed by atoms with Gasteiger partial charge in [0, 0.05) is 12.5 Å². The number of benzene rings is 1. The van der Waals surface area contributed by atoms with Crippen LogP contribution in [0.2, 0.25) is 5.02 Å². The number of nitrogens with zero attached hydrogens (tertiary/aromatic N) is 2. The number of halogens is 1. The number of rotatable bonds is 7. The lowest BCUT2D eigenvalue weighted by atomic mass is 10.2. The maximum absolute atomic E-state index is 10.8. The fourth-order valence-corrected chi connectivity index (χ4v) is 1.75. The van der Waals surface area contributed by atoms with Crippen LogP contribution in [-0.4, -0.2) is 24.1 Å². The Morgan fingerprint density at radius 3 is 2.95 bits per heavy atom. The smallest absolute Gasteiger partial charge is 0.312 e. The molecule has 0 aliphatic carbocycles. The van der Waals surface area contributed by atoms with E-state index in [9.17, 15) is 10.1 Å². The zero-order valence-corrected chi connectivity index (χ0v) is 11.2. The molecule has 1 aromatic carbocycles. The Morgan fingerprint density at radius 2 is 2.37 bits per heavy atom. The van der Waals surface area contributed by atoms with Crippen LogP contribution < -0.4 is 10.1 Å². The van der Waals surface area contributed by atoms with Gasteiger partial charge in [-0.15, -0.1) is 0 Å². The highest BCUT2D eigenvalue weighted by Gasteiger charge is 2.18. The highest BCUT2D eigenvalue weighted by molar-refractivity contribution is 6.32. The number of nitro groups is 1. The summed E-state index contributed by atoms with van der Waals surface area (Å²) in [6.07, 6.45) is 0.423. The van der Waals surface area contributed by atoms with Crippen LogP contribution in [0.25, 0.3) is 0 Å². The summed E-state index contributed by atoms with van der Waals surface area (Å²) in [5, 5.41) is 22.8. The molecule has 0 radical (unpaired) electrons. The molecule has 0 spiro atoms. The molecule has 1 unspecified atom stereocenters. The van der Waals surface area contributed by atoms with Crippen LogP contribution in [0.3, 0.4) is 0 Å². The molecule has 0 saturated carbocycles. The Labute approximate surface area is 116 Å². The van der Waals surface area contributed by atoms with Crippen molar-refractivity contribution in [3.8, 4) is 11.8 Å². The molecule has 0 aliphatic rings. The Morgan fingerprint density at radius 1 is 1.63 bits per heavy atom. The minimum atomic E-state index is -0.548. The van der Waals surface area contributed by atoms with Crippen molar-refractivity contribution < 1.29 is 9.66 Å². The standard InChI is InChI=1S/C12H14ClN3O3/c1-2-15-9(8-14)6-7-19-12-10(13)4-3-5-11(12)16(17)18/h3-5,9,15H,2,6-7H2,1H3. The summed E-state index contributed by atoms with van der Waals surface area (Å²) in [5.41, 5.74) is -0.176. The van der Waals surface area contributed by atoms with Gasteiger partial charge in [-0.2, -0.15) is 5.26 Å². The molecule has 19 heavy (non-hydrogen) atoms. The van der Waals surface area contributed by atoms with Gasteiger partial charge in [0.15, 0.2) is 0 Å². The van der Waals surface area contributed by atoms with Crippen LogP contribution >= 0.6 is 11.6 Å². The van der Waals surface area contributed by atoms with Crippen molar-refractivity contribution in [3.05, 3.63) is 33.3 Å². The topological polar surface area (TPSA) is 88.2 Å². The molecule has 0 amide bonds. The summed E-state index contributed by atoms with van der Waals surface area (Å²) in [5.74, 6) is 0.0438. The monoisotopic (exact) mass is 283 g/mol. The third-order valence-electron chi connectivity index (χ3n) is 2.40. The minimum Gasteiger partial charge on any atom is -0.486 e. The molecule has 0 bridgehead atoms. The lowest BCUT2D eigenvalue weighted by Gasteiger charge is -2.11. The molecule has 1 aromatic rings. The van der Waals surface area contributed by atoms with Crippen molar-refractivity contribution in [1.82, 2.24) is 5.32 Å². The van der Waals surface area contributed by atoms with Gasteiger partial charge in [0.1, 0.15) is 0 Å². The van der Waals surface area contributed by atoms with Gasteiger partial charge in [0.2, 0.25) is 5.75 Å². The first-order valence-corrected chi connectivity index (χ1v) is 6.16. The molecule has 0 aliphatic heterocycles. The second-order valence-electron chi connectivity index (χ2n) is 3.72. The third-order valence-corrected chi connectivity index (χ3v) is 2.70. The molecule has 7 heteroatoms. The predicted octanol–water partition coefficient (Wildman–Crippen LogP) is 2.52. The van der Waals surface area contributed by atoms with Crippen LogP contribution in [0.15, 0.2) is 18.2 Å². The van der Waals surface area contributed by atoms with E-state index in [1.807, 2.05) is 6.92 Å². The summed E-state index contributed by atoms with van der Waals surface area (Å²) in [6.45, 7) is 2.74. The van der Waals surface area contributed by atoms with Crippen molar-refractivity contribution in [3.63, 3.8) is 0 Å². The van der Waals surface area contributed by atoms with E-state index in [1.165, 1.54) is 18.2 Å². The SMILES string of the molecule is CCNC(C#N)CCOc1c(Cl)cccc1[N+](=O)[O-]. The van der Waals surface area contributed by atoms with Crippen LogP contribution in [0.4, 0.5) is 5.69 Å². The van der Waals surface area contributed by atoms with Crippen molar-refractivity contribution in [1.29, 1.82) is 5.26 Å². The number of ether oxygens (including phenoxy) is 1. The average molecular weight is 284 g/mol. The Hall–Kier alpha value is -1.84. The Bertz CT molecular complexity index is 488. The first kappa shape index (κ1) is 15.2. The van der Waals surface area contributed by atoms with Crippen molar-refractivity contribution in [2.24, 2.45) is 0 Å². The van der Waals surface area contributed by atoms with Crippen molar-refractivity contribution in [2.45, 2.75) is 19.4 Å². The first-order chi connectivity index (χ1) is 9.10. The quantitative estimate of drug-likeness (QED) is 0.613. The highest BCUT2D eigenvalue weighted by atomic mass is 35.5. The van der Waals surface area contributed by atoms with Gasteiger partial charge in [-0.3, -0.25) is 10.1 Å². The fraction of sp³-hybridized carbons (Fsp3) is 0.417. The maximum atomic E-state index is 10.8. The van der Waals surface area contributed by atoms with Crippen LogP contribution in [0.5, 0.6) is 5.75 Å². The molecule has 102 valence electrons. The van der Waals surface area contributed by atoms with Gasteiger partial charge in [0.05, 0.1) is 28.7 Å². The predicted molar refractivity (Wildman–Crippen MR) is 71.3 cm³/mol. The molecule has 0 fully saturated rings. The van der Waals surface area contributed by atoms with E-state index >= 15 is 0 Å². The number of hydrogen-bond acceptors (Lipinski definition) is 5. The Kier molecular flexibility index (Phi) is 6.06. The van der Waals surface area contributed by atoms with Crippen LogP contribution in [0, 0.1) is 21.4 Å². The van der Waals surface area contributed by atoms with Crippen molar-refractivity contribution >= 4 is 17.3 Å². The zero-order chi connectivity index (χ0) is 14.3. The number of nitrogens with one attached hydrogen (secondary N) is 1. The van der Waals surface area contributed by atoms with E-state index in [4.69, 9.17) is 21.6 Å². The van der Waals surface area contributed by atoms with E-state index < -0.39 is 4.92 Å². The summed E-state index contributed by atoms with van der Waals surface area (Å²) in [4.78, 5) is 10.3. The van der Waals surface area contributed by atoms with E-state index in [2.05, 4.69) is 11.4 Å². The largest absolute Gasteiger partial charge is 0.486 e. The number of para-hydroxylation sites is 1. The molecular weight excluding hydrogens is 270 g/mol. The number of hydrogen-bond donors (Lipinski definition) is 1. The molecule has 1 atom stereocenters. The van der Waals surface area contributed by atoms with Gasteiger partial charge in [-0.1, -0.05) is 24.6 Å². The van der Waals surface area contributed by atoms with Crippen molar-refractivity contribution in [2.75, 3.05) is 13.2 Å². The minimum absolute atomic E-state index is 0.0438. The molecule has 1 rings (SSSR count).